The van der Waals surface area contributed by atoms with Crippen LogP contribution < -0.4 is 4.90 Å². The molecule has 4 rings (SSSR count). The van der Waals surface area contributed by atoms with Crippen LogP contribution in [0.1, 0.15) is 39.0 Å². The molecule has 1 heterocycles. The zero-order chi connectivity index (χ0) is 21.5. The molecule has 30 heavy (non-hydrogen) atoms. The number of hydrogen-bond donors (Lipinski definition) is 1. The van der Waals surface area contributed by atoms with Gasteiger partial charge in [0.05, 0.1) is 18.7 Å². The summed E-state index contributed by atoms with van der Waals surface area (Å²) in [5.41, 5.74) is 2.10. The molecule has 1 aliphatic rings. The Morgan fingerprint density at radius 3 is 2.43 bits per heavy atom. The highest BCUT2D eigenvalue weighted by molar-refractivity contribution is 6.11. The van der Waals surface area contributed by atoms with Gasteiger partial charge in [-0.3, -0.25) is 9.59 Å². The Kier molecular flexibility index (Phi) is 5.00. The van der Waals surface area contributed by atoms with Gasteiger partial charge in [0.1, 0.15) is 5.82 Å². The predicted molar refractivity (Wildman–Crippen MR) is 113 cm³/mol. The highest BCUT2D eigenvalue weighted by atomic mass is 19.1. The van der Waals surface area contributed by atoms with E-state index in [4.69, 9.17) is 0 Å². The van der Waals surface area contributed by atoms with Crippen molar-refractivity contribution in [3.63, 3.8) is 0 Å². The molecule has 3 aromatic rings. The molecule has 0 bridgehead atoms. The third kappa shape index (κ3) is 3.42. The molecule has 1 atom stereocenters. The second kappa shape index (κ2) is 7.50. The monoisotopic (exact) mass is 403 g/mol. The molecular weight excluding hydrogens is 381 g/mol. The molecule has 1 aliphatic heterocycles. The van der Waals surface area contributed by atoms with Crippen LogP contribution in [0, 0.1) is 19.7 Å². The van der Waals surface area contributed by atoms with Crippen LogP contribution in [0.25, 0.3) is 0 Å². The number of aryl methyl sites for hydroxylation is 2. The quantitative estimate of drug-likeness (QED) is 0.641. The maximum absolute atomic E-state index is 13.3. The third-order valence-corrected chi connectivity index (χ3v) is 5.59. The lowest BCUT2D eigenvalue weighted by Gasteiger charge is -2.23. The Morgan fingerprint density at radius 1 is 1.03 bits per heavy atom. The van der Waals surface area contributed by atoms with Gasteiger partial charge in [0.2, 0.25) is 0 Å². The fraction of sp³-hybridized carbons (Fsp3) is 0.200. The van der Waals surface area contributed by atoms with Crippen molar-refractivity contribution >= 4 is 17.4 Å². The van der Waals surface area contributed by atoms with Crippen LogP contribution in [-0.4, -0.2) is 16.8 Å². The van der Waals surface area contributed by atoms with Gasteiger partial charge in [0.15, 0.2) is 11.4 Å². The molecule has 1 amide bonds. The molecule has 0 fully saturated rings. The van der Waals surface area contributed by atoms with E-state index >= 15 is 0 Å². The standard InChI is InChI=1S/C25H22FNO3/c1-16-7-12-20(17(2)13-16)23(28)14-25(30)21-5-3-4-6-22(21)27(24(25)29)15-18-8-10-19(26)11-9-18/h3-13,30H,14-15H2,1-2H3/t25-/m0/s1. The Hall–Kier alpha value is -3.31. The van der Waals surface area contributed by atoms with E-state index in [0.717, 1.165) is 16.7 Å². The van der Waals surface area contributed by atoms with E-state index in [1.807, 2.05) is 26.0 Å². The van der Waals surface area contributed by atoms with Crippen LogP contribution in [0.5, 0.6) is 0 Å². The molecule has 1 N–H and O–H groups in total. The number of carbonyl (C=O) groups is 2. The minimum absolute atomic E-state index is 0.177. The van der Waals surface area contributed by atoms with Crippen molar-refractivity contribution in [1.82, 2.24) is 0 Å². The van der Waals surface area contributed by atoms with E-state index in [0.29, 0.717) is 16.8 Å². The molecular formula is C25H22FNO3. The summed E-state index contributed by atoms with van der Waals surface area (Å²) in [6.07, 6.45) is -0.341. The van der Waals surface area contributed by atoms with Gasteiger partial charge in [-0.25, -0.2) is 4.39 Å². The molecule has 152 valence electrons. The van der Waals surface area contributed by atoms with Crippen LogP contribution in [-0.2, 0) is 16.9 Å². The average molecular weight is 403 g/mol. The minimum Gasteiger partial charge on any atom is -0.375 e. The summed E-state index contributed by atoms with van der Waals surface area (Å²) in [6, 6.07) is 18.3. The van der Waals surface area contributed by atoms with Crippen molar-refractivity contribution < 1.29 is 19.1 Å². The number of aliphatic hydroxyl groups is 1. The van der Waals surface area contributed by atoms with E-state index in [2.05, 4.69) is 0 Å². The van der Waals surface area contributed by atoms with Gasteiger partial charge in [-0.2, -0.15) is 0 Å². The minimum atomic E-state index is -1.94. The van der Waals surface area contributed by atoms with Gasteiger partial charge in [0, 0.05) is 11.1 Å². The smallest absolute Gasteiger partial charge is 0.264 e. The lowest BCUT2D eigenvalue weighted by atomic mass is 9.87. The number of carbonyl (C=O) groups excluding carboxylic acids is 2. The Bertz CT molecular complexity index is 1140. The first kappa shape index (κ1) is 20.0. The van der Waals surface area contributed by atoms with Gasteiger partial charge >= 0.3 is 0 Å². The summed E-state index contributed by atoms with van der Waals surface area (Å²) in [5.74, 6) is -1.20. The molecule has 0 aliphatic carbocycles. The molecule has 0 saturated heterocycles. The van der Waals surface area contributed by atoms with Crippen LogP contribution in [0.3, 0.4) is 0 Å². The Labute approximate surface area is 174 Å². The molecule has 3 aromatic carbocycles. The summed E-state index contributed by atoms with van der Waals surface area (Å²) in [4.78, 5) is 27.8. The Balaban J connectivity index is 1.68. The summed E-state index contributed by atoms with van der Waals surface area (Å²) in [7, 11) is 0. The highest BCUT2D eigenvalue weighted by Crippen LogP contribution is 2.43. The fourth-order valence-electron chi connectivity index (χ4n) is 4.06. The number of fused-ring (bicyclic) bond motifs is 1. The fourth-order valence-corrected chi connectivity index (χ4v) is 4.06. The first-order valence-corrected chi connectivity index (χ1v) is 9.78. The number of benzene rings is 3. The second-order valence-electron chi connectivity index (χ2n) is 7.81. The molecule has 0 spiro atoms. The van der Waals surface area contributed by atoms with Gasteiger partial charge in [-0.15, -0.1) is 0 Å². The first-order chi connectivity index (χ1) is 14.3. The number of para-hydroxylation sites is 1. The molecule has 0 unspecified atom stereocenters. The summed E-state index contributed by atoms with van der Waals surface area (Å²) >= 11 is 0. The van der Waals surface area contributed by atoms with Crippen LogP contribution in [0.2, 0.25) is 0 Å². The summed E-state index contributed by atoms with van der Waals surface area (Å²) < 4.78 is 13.2. The lowest BCUT2D eigenvalue weighted by molar-refractivity contribution is -0.136. The van der Waals surface area contributed by atoms with E-state index in [1.54, 1.807) is 42.5 Å². The number of ketones is 1. The van der Waals surface area contributed by atoms with Gasteiger partial charge in [0.25, 0.3) is 5.91 Å². The highest BCUT2D eigenvalue weighted by Gasteiger charge is 2.50. The van der Waals surface area contributed by atoms with E-state index in [9.17, 15) is 19.1 Å². The number of rotatable bonds is 5. The van der Waals surface area contributed by atoms with Crippen LogP contribution in [0.15, 0.2) is 66.7 Å². The average Bonchev–Trinajstić information content (AvgIpc) is 2.91. The lowest BCUT2D eigenvalue weighted by Crippen LogP contribution is -2.41. The van der Waals surface area contributed by atoms with Gasteiger partial charge < -0.3 is 10.0 Å². The SMILES string of the molecule is Cc1ccc(C(=O)C[C@@]2(O)C(=O)N(Cc3ccc(F)cc3)c3ccccc32)c(C)c1. The number of nitrogens with zero attached hydrogens (tertiary/aromatic N) is 1. The maximum Gasteiger partial charge on any atom is 0.264 e. The third-order valence-electron chi connectivity index (χ3n) is 5.59. The van der Waals surface area contributed by atoms with Gasteiger partial charge in [-0.05, 0) is 43.2 Å². The summed E-state index contributed by atoms with van der Waals surface area (Å²) in [6.45, 7) is 3.96. The number of Topliss-reactive ketones (excluding diaryl/α,β-unsaturated/α-hetero) is 1. The van der Waals surface area contributed by atoms with Crippen molar-refractivity contribution in [2.45, 2.75) is 32.4 Å². The van der Waals surface area contributed by atoms with Crippen LogP contribution in [0.4, 0.5) is 10.1 Å². The molecule has 0 radical (unpaired) electrons. The number of hydrogen-bond acceptors (Lipinski definition) is 3. The molecule has 0 saturated carbocycles. The van der Waals surface area contributed by atoms with Crippen molar-refractivity contribution in [2.75, 3.05) is 4.90 Å². The number of amides is 1. The predicted octanol–water partition coefficient (Wildman–Crippen LogP) is 4.45. The molecule has 5 heteroatoms. The maximum atomic E-state index is 13.3. The molecule has 0 aromatic heterocycles. The van der Waals surface area contributed by atoms with Crippen molar-refractivity contribution in [3.05, 3.63) is 100 Å². The molecule has 4 nitrogen and oxygen atoms in total. The van der Waals surface area contributed by atoms with E-state index in [-0.39, 0.29) is 24.6 Å². The zero-order valence-electron chi connectivity index (χ0n) is 16.9. The largest absolute Gasteiger partial charge is 0.375 e. The number of halogens is 1. The number of anilines is 1. The topological polar surface area (TPSA) is 57.6 Å². The van der Waals surface area contributed by atoms with Crippen molar-refractivity contribution in [3.8, 4) is 0 Å². The summed E-state index contributed by atoms with van der Waals surface area (Å²) in [5, 5.41) is 11.4. The van der Waals surface area contributed by atoms with Crippen molar-refractivity contribution in [2.24, 2.45) is 0 Å². The van der Waals surface area contributed by atoms with Crippen LogP contribution >= 0.6 is 0 Å². The van der Waals surface area contributed by atoms with Crippen molar-refractivity contribution in [1.29, 1.82) is 0 Å². The first-order valence-electron chi connectivity index (χ1n) is 9.78. The Morgan fingerprint density at radius 2 is 1.73 bits per heavy atom. The van der Waals surface area contributed by atoms with E-state index in [1.165, 1.54) is 17.0 Å². The van der Waals surface area contributed by atoms with E-state index < -0.39 is 11.5 Å². The normalized spacial score (nSPS) is 17.9. The zero-order valence-corrected chi connectivity index (χ0v) is 16.9. The van der Waals surface area contributed by atoms with Gasteiger partial charge in [-0.1, -0.05) is 54.1 Å². The second-order valence-corrected chi connectivity index (χ2v) is 7.81.